The second kappa shape index (κ2) is 9.18. The van der Waals surface area contributed by atoms with Gasteiger partial charge in [-0.2, -0.15) is 0 Å². The van der Waals surface area contributed by atoms with E-state index in [0.717, 1.165) is 12.0 Å². The van der Waals surface area contributed by atoms with E-state index >= 15 is 0 Å². The Kier molecular flexibility index (Phi) is 7.38. The van der Waals surface area contributed by atoms with Crippen LogP contribution in [0.2, 0.25) is 0 Å². The van der Waals surface area contributed by atoms with Crippen LogP contribution in [-0.4, -0.2) is 25.0 Å². The van der Waals surface area contributed by atoms with Gasteiger partial charge in [0, 0.05) is 24.6 Å². The summed E-state index contributed by atoms with van der Waals surface area (Å²) in [5.74, 6) is 6.19. The lowest BCUT2D eigenvalue weighted by molar-refractivity contribution is -0.121. The normalized spacial score (nSPS) is 11.3. The monoisotopic (exact) mass is 258 g/mol. The van der Waals surface area contributed by atoms with Crippen molar-refractivity contribution in [2.45, 2.75) is 32.7 Å². The Balaban J connectivity index is 2.12. The number of hydrogen-bond donors (Lipinski definition) is 2. The first-order valence-electron chi connectivity index (χ1n) is 6.76. The zero-order chi connectivity index (χ0) is 13.9. The summed E-state index contributed by atoms with van der Waals surface area (Å²) < 4.78 is 0. The van der Waals surface area contributed by atoms with E-state index < -0.39 is 0 Å². The Bertz CT molecular complexity index is 431. The maximum Gasteiger partial charge on any atom is 0.221 e. The molecule has 0 radical (unpaired) electrons. The second-order valence-corrected chi connectivity index (χ2v) is 4.47. The van der Waals surface area contributed by atoms with Gasteiger partial charge in [-0.3, -0.25) is 4.79 Å². The number of amides is 1. The largest absolute Gasteiger partial charge is 0.354 e. The topological polar surface area (TPSA) is 41.1 Å². The van der Waals surface area contributed by atoms with Crippen molar-refractivity contribution in [1.82, 2.24) is 10.6 Å². The summed E-state index contributed by atoms with van der Waals surface area (Å²) in [6.45, 7) is 5.33. The molecule has 0 bridgehead atoms. The zero-order valence-corrected chi connectivity index (χ0v) is 11.7. The maximum atomic E-state index is 11.5. The molecule has 0 aliphatic heterocycles. The molecule has 1 atom stereocenters. The van der Waals surface area contributed by atoms with Crippen LogP contribution in [0.5, 0.6) is 0 Å². The fourth-order valence-electron chi connectivity index (χ4n) is 1.47. The predicted molar refractivity (Wildman–Crippen MR) is 78.7 cm³/mol. The van der Waals surface area contributed by atoms with Crippen molar-refractivity contribution in [2.75, 3.05) is 13.1 Å². The van der Waals surface area contributed by atoms with Gasteiger partial charge in [-0.05, 0) is 25.5 Å². The molecule has 1 rings (SSSR count). The fraction of sp³-hybridized carbons (Fsp3) is 0.438. The molecule has 1 aromatic rings. The van der Waals surface area contributed by atoms with Crippen molar-refractivity contribution < 1.29 is 4.79 Å². The maximum absolute atomic E-state index is 11.5. The molecular weight excluding hydrogens is 236 g/mol. The van der Waals surface area contributed by atoms with Gasteiger partial charge in [0.25, 0.3) is 0 Å². The summed E-state index contributed by atoms with van der Waals surface area (Å²) in [4.78, 5) is 11.5. The van der Waals surface area contributed by atoms with E-state index in [9.17, 15) is 4.79 Å². The quantitative estimate of drug-likeness (QED) is 0.605. The van der Waals surface area contributed by atoms with E-state index in [2.05, 4.69) is 29.4 Å². The predicted octanol–water partition coefficient (Wildman–Crippen LogP) is 1.93. The zero-order valence-electron chi connectivity index (χ0n) is 11.7. The number of rotatable bonds is 6. The van der Waals surface area contributed by atoms with E-state index in [-0.39, 0.29) is 11.9 Å². The Morgan fingerprint density at radius 2 is 2.05 bits per heavy atom. The minimum atomic E-state index is 0.0952. The van der Waals surface area contributed by atoms with Gasteiger partial charge in [0.05, 0.1) is 6.54 Å². The van der Waals surface area contributed by atoms with Crippen LogP contribution in [-0.2, 0) is 4.79 Å². The first-order valence-corrected chi connectivity index (χ1v) is 6.76. The van der Waals surface area contributed by atoms with Gasteiger partial charge < -0.3 is 10.6 Å². The van der Waals surface area contributed by atoms with Gasteiger partial charge in [-0.1, -0.05) is 37.0 Å². The minimum Gasteiger partial charge on any atom is -0.354 e. The van der Waals surface area contributed by atoms with Crippen LogP contribution < -0.4 is 10.6 Å². The Labute approximate surface area is 115 Å². The number of carbonyl (C=O) groups excluding carboxylic acids is 1. The van der Waals surface area contributed by atoms with Gasteiger partial charge >= 0.3 is 0 Å². The Hall–Kier alpha value is -1.79. The highest BCUT2D eigenvalue weighted by molar-refractivity contribution is 5.76. The minimum absolute atomic E-state index is 0.0952. The van der Waals surface area contributed by atoms with Crippen LogP contribution in [0.3, 0.4) is 0 Å². The molecule has 0 aliphatic rings. The van der Waals surface area contributed by atoms with Gasteiger partial charge in [-0.15, -0.1) is 0 Å². The molecule has 0 heterocycles. The van der Waals surface area contributed by atoms with Crippen molar-refractivity contribution in [1.29, 1.82) is 0 Å². The van der Waals surface area contributed by atoms with Crippen LogP contribution in [0.1, 0.15) is 32.3 Å². The molecule has 0 saturated heterocycles. The second-order valence-electron chi connectivity index (χ2n) is 4.47. The van der Waals surface area contributed by atoms with Gasteiger partial charge in [0.2, 0.25) is 5.91 Å². The average Bonchev–Trinajstić information content (AvgIpc) is 2.43. The van der Waals surface area contributed by atoms with Gasteiger partial charge in [-0.25, -0.2) is 0 Å². The average molecular weight is 258 g/mol. The molecule has 1 amide bonds. The van der Waals surface area contributed by atoms with Crippen molar-refractivity contribution in [3.8, 4) is 11.8 Å². The lowest BCUT2D eigenvalue weighted by atomic mass is 10.2. The summed E-state index contributed by atoms with van der Waals surface area (Å²) in [5, 5.41) is 6.07. The van der Waals surface area contributed by atoms with Crippen LogP contribution in [0.25, 0.3) is 0 Å². The van der Waals surface area contributed by atoms with Crippen molar-refractivity contribution >= 4 is 5.91 Å². The number of nitrogens with one attached hydrogen (secondary N) is 2. The molecular formula is C16H22N2O. The first kappa shape index (κ1) is 15.3. The molecule has 3 nitrogen and oxygen atoms in total. The van der Waals surface area contributed by atoms with Crippen LogP contribution in [0.15, 0.2) is 30.3 Å². The Morgan fingerprint density at radius 1 is 1.32 bits per heavy atom. The summed E-state index contributed by atoms with van der Waals surface area (Å²) in [7, 11) is 0. The molecule has 0 spiro atoms. The molecule has 1 unspecified atom stereocenters. The van der Waals surface area contributed by atoms with Crippen molar-refractivity contribution in [3.63, 3.8) is 0 Å². The fourth-order valence-corrected chi connectivity index (χ4v) is 1.47. The molecule has 0 aliphatic carbocycles. The van der Waals surface area contributed by atoms with E-state index in [1.165, 1.54) is 0 Å². The molecule has 2 N–H and O–H groups in total. The third kappa shape index (κ3) is 7.28. The lowest BCUT2D eigenvalue weighted by Gasteiger charge is -2.10. The first-order chi connectivity index (χ1) is 9.22. The highest BCUT2D eigenvalue weighted by atomic mass is 16.1. The van der Waals surface area contributed by atoms with E-state index in [1.54, 1.807) is 0 Å². The van der Waals surface area contributed by atoms with E-state index in [4.69, 9.17) is 0 Å². The number of carbonyl (C=O) groups is 1. The van der Waals surface area contributed by atoms with Crippen molar-refractivity contribution in [2.24, 2.45) is 0 Å². The lowest BCUT2D eigenvalue weighted by Crippen LogP contribution is -2.34. The Morgan fingerprint density at radius 3 is 2.74 bits per heavy atom. The summed E-state index contributed by atoms with van der Waals surface area (Å²) in [6.07, 6.45) is 1.46. The van der Waals surface area contributed by atoms with E-state index in [1.807, 2.05) is 37.3 Å². The number of benzene rings is 1. The molecule has 19 heavy (non-hydrogen) atoms. The van der Waals surface area contributed by atoms with Crippen molar-refractivity contribution in [3.05, 3.63) is 35.9 Å². The summed E-state index contributed by atoms with van der Waals surface area (Å²) in [6, 6.07) is 10.1. The number of hydrogen-bond acceptors (Lipinski definition) is 2. The highest BCUT2D eigenvalue weighted by Crippen LogP contribution is 1.94. The molecule has 0 fully saturated rings. The SMILES string of the molecule is CCC(C)NC(=O)CCNCC#Cc1ccccc1. The van der Waals surface area contributed by atoms with Gasteiger partial charge in [0.15, 0.2) is 0 Å². The highest BCUT2D eigenvalue weighted by Gasteiger charge is 2.03. The third-order valence-electron chi connectivity index (χ3n) is 2.77. The molecule has 0 aromatic heterocycles. The molecule has 102 valence electrons. The van der Waals surface area contributed by atoms with Crippen LogP contribution >= 0.6 is 0 Å². The third-order valence-corrected chi connectivity index (χ3v) is 2.77. The molecule has 0 saturated carbocycles. The van der Waals surface area contributed by atoms with Crippen LogP contribution in [0, 0.1) is 11.8 Å². The smallest absolute Gasteiger partial charge is 0.221 e. The van der Waals surface area contributed by atoms with E-state index in [0.29, 0.717) is 19.5 Å². The van der Waals surface area contributed by atoms with Crippen LogP contribution in [0.4, 0.5) is 0 Å². The summed E-state index contributed by atoms with van der Waals surface area (Å²) in [5.41, 5.74) is 1.01. The van der Waals surface area contributed by atoms with Gasteiger partial charge in [0.1, 0.15) is 0 Å². The summed E-state index contributed by atoms with van der Waals surface area (Å²) >= 11 is 0. The standard InChI is InChI=1S/C16H22N2O/c1-3-14(2)18-16(19)11-13-17-12-7-10-15-8-5-4-6-9-15/h4-6,8-9,14,17H,3,11-13H2,1-2H3,(H,18,19). The molecule has 3 heteroatoms. The molecule has 1 aromatic carbocycles.